The lowest BCUT2D eigenvalue weighted by molar-refractivity contribution is 0.762. The van der Waals surface area contributed by atoms with Crippen LogP contribution in [0.15, 0.2) is 72.8 Å². The molecular formula is C23H24N2S. The molecule has 1 atom stereocenters. The van der Waals surface area contributed by atoms with Crippen LogP contribution in [-0.2, 0) is 0 Å². The predicted octanol–water partition coefficient (Wildman–Crippen LogP) is 5.69. The van der Waals surface area contributed by atoms with Crippen LogP contribution in [0.1, 0.15) is 33.9 Å². The van der Waals surface area contributed by atoms with E-state index in [4.69, 9.17) is 12.2 Å². The minimum atomic E-state index is 0.00292. The molecule has 3 aromatic rings. The van der Waals surface area contributed by atoms with E-state index in [9.17, 15) is 0 Å². The molecule has 0 radical (unpaired) electrons. The molecule has 0 saturated carbocycles. The minimum Gasteiger partial charge on any atom is -0.352 e. The summed E-state index contributed by atoms with van der Waals surface area (Å²) in [5, 5.41) is 7.47. The third kappa shape index (κ3) is 4.30. The van der Waals surface area contributed by atoms with Crippen molar-refractivity contribution >= 4 is 23.0 Å². The molecule has 3 heteroatoms. The van der Waals surface area contributed by atoms with Gasteiger partial charge in [-0.05, 0) is 61.3 Å². The normalized spacial score (nSPS) is 11.7. The Morgan fingerprint density at radius 2 is 1.50 bits per heavy atom. The average Bonchev–Trinajstić information content (AvgIpc) is 2.63. The molecule has 132 valence electrons. The Hall–Kier alpha value is -2.65. The van der Waals surface area contributed by atoms with Gasteiger partial charge < -0.3 is 10.6 Å². The highest BCUT2D eigenvalue weighted by molar-refractivity contribution is 7.80. The van der Waals surface area contributed by atoms with Gasteiger partial charge in [0.25, 0.3) is 0 Å². The van der Waals surface area contributed by atoms with Crippen LogP contribution >= 0.6 is 12.2 Å². The summed E-state index contributed by atoms with van der Waals surface area (Å²) in [6.07, 6.45) is 0. The lowest BCUT2D eigenvalue weighted by Crippen LogP contribution is -2.33. The maximum Gasteiger partial charge on any atom is 0.171 e. The van der Waals surface area contributed by atoms with Gasteiger partial charge in [0.05, 0.1) is 6.04 Å². The van der Waals surface area contributed by atoms with E-state index in [-0.39, 0.29) is 6.04 Å². The monoisotopic (exact) mass is 360 g/mol. The summed E-state index contributed by atoms with van der Waals surface area (Å²) in [7, 11) is 0. The molecule has 0 spiro atoms. The number of nitrogens with one attached hydrogen (secondary N) is 2. The third-order valence-corrected chi connectivity index (χ3v) is 4.76. The molecule has 0 aliphatic rings. The van der Waals surface area contributed by atoms with Crippen LogP contribution in [0.3, 0.4) is 0 Å². The Labute approximate surface area is 161 Å². The SMILES string of the molecule is Cc1ccc(NC(=S)N[C@@H](c2ccccc2)c2ccccc2C)c(C)c1. The van der Waals surface area contributed by atoms with Crippen molar-refractivity contribution in [2.45, 2.75) is 26.8 Å². The number of anilines is 1. The van der Waals surface area contributed by atoms with Crippen molar-refractivity contribution < 1.29 is 0 Å². The number of benzene rings is 3. The summed E-state index contributed by atoms with van der Waals surface area (Å²) >= 11 is 5.63. The summed E-state index contributed by atoms with van der Waals surface area (Å²) in [6, 6.07) is 25.1. The molecule has 26 heavy (non-hydrogen) atoms. The van der Waals surface area contributed by atoms with Crippen molar-refractivity contribution in [1.82, 2.24) is 5.32 Å². The topological polar surface area (TPSA) is 24.1 Å². The number of rotatable bonds is 4. The first kappa shape index (κ1) is 18.2. The molecule has 0 heterocycles. The summed E-state index contributed by atoms with van der Waals surface area (Å²) < 4.78 is 0. The molecule has 0 fully saturated rings. The van der Waals surface area contributed by atoms with Crippen LogP contribution in [0, 0.1) is 20.8 Å². The molecule has 0 unspecified atom stereocenters. The second-order valence-electron chi connectivity index (χ2n) is 6.62. The fourth-order valence-electron chi connectivity index (χ4n) is 3.14. The molecule has 0 bridgehead atoms. The van der Waals surface area contributed by atoms with E-state index in [0.717, 1.165) is 5.69 Å². The minimum absolute atomic E-state index is 0.00292. The van der Waals surface area contributed by atoms with Crippen molar-refractivity contribution in [3.8, 4) is 0 Å². The molecule has 0 amide bonds. The van der Waals surface area contributed by atoms with Crippen LogP contribution < -0.4 is 10.6 Å². The van der Waals surface area contributed by atoms with E-state index in [1.165, 1.54) is 27.8 Å². The maximum absolute atomic E-state index is 5.63. The van der Waals surface area contributed by atoms with Gasteiger partial charge in [0, 0.05) is 5.69 Å². The van der Waals surface area contributed by atoms with Crippen LogP contribution in [0.25, 0.3) is 0 Å². The highest BCUT2D eigenvalue weighted by atomic mass is 32.1. The number of aryl methyl sites for hydroxylation is 3. The highest BCUT2D eigenvalue weighted by Gasteiger charge is 2.17. The molecular weight excluding hydrogens is 336 g/mol. The molecule has 2 N–H and O–H groups in total. The van der Waals surface area contributed by atoms with Gasteiger partial charge in [0.15, 0.2) is 5.11 Å². The second-order valence-corrected chi connectivity index (χ2v) is 7.03. The van der Waals surface area contributed by atoms with Gasteiger partial charge in [0.1, 0.15) is 0 Å². The van der Waals surface area contributed by atoms with Crippen LogP contribution in [0.2, 0.25) is 0 Å². The summed E-state index contributed by atoms with van der Waals surface area (Å²) in [5.41, 5.74) is 7.11. The first-order valence-electron chi connectivity index (χ1n) is 8.80. The van der Waals surface area contributed by atoms with E-state index >= 15 is 0 Å². The highest BCUT2D eigenvalue weighted by Crippen LogP contribution is 2.25. The standard InChI is InChI=1S/C23H24N2S/c1-16-13-14-21(18(3)15-16)24-23(26)25-22(19-10-5-4-6-11-19)20-12-8-7-9-17(20)2/h4-15,22H,1-3H3,(H2,24,25,26)/t22-/m0/s1. The van der Waals surface area contributed by atoms with Gasteiger partial charge in [-0.1, -0.05) is 72.3 Å². The fourth-order valence-corrected chi connectivity index (χ4v) is 3.37. The van der Waals surface area contributed by atoms with Crippen molar-refractivity contribution in [1.29, 1.82) is 0 Å². The first-order chi connectivity index (χ1) is 12.5. The number of hydrogen-bond acceptors (Lipinski definition) is 1. The van der Waals surface area contributed by atoms with Gasteiger partial charge in [-0.25, -0.2) is 0 Å². The van der Waals surface area contributed by atoms with E-state index < -0.39 is 0 Å². The molecule has 2 nitrogen and oxygen atoms in total. The van der Waals surface area contributed by atoms with Crippen molar-refractivity contribution in [3.63, 3.8) is 0 Å². The summed E-state index contributed by atoms with van der Waals surface area (Å²) in [5.74, 6) is 0. The Morgan fingerprint density at radius 3 is 2.19 bits per heavy atom. The van der Waals surface area contributed by atoms with Crippen molar-refractivity contribution in [2.75, 3.05) is 5.32 Å². The molecule has 0 saturated heterocycles. The Kier molecular flexibility index (Phi) is 5.69. The number of thiocarbonyl (C=S) groups is 1. The average molecular weight is 361 g/mol. The summed E-state index contributed by atoms with van der Waals surface area (Å²) in [4.78, 5) is 0. The lowest BCUT2D eigenvalue weighted by Gasteiger charge is -2.24. The number of hydrogen-bond donors (Lipinski definition) is 2. The van der Waals surface area contributed by atoms with Crippen LogP contribution in [0.4, 0.5) is 5.69 Å². The largest absolute Gasteiger partial charge is 0.352 e. The van der Waals surface area contributed by atoms with E-state index in [2.05, 4.69) is 98.1 Å². The fraction of sp³-hybridized carbons (Fsp3) is 0.174. The second kappa shape index (κ2) is 8.15. The Morgan fingerprint density at radius 1 is 0.808 bits per heavy atom. The zero-order valence-electron chi connectivity index (χ0n) is 15.4. The van der Waals surface area contributed by atoms with E-state index in [1.807, 2.05) is 6.07 Å². The zero-order valence-corrected chi connectivity index (χ0v) is 16.2. The van der Waals surface area contributed by atoms with Gasteiger partial charge in [-0.3, -0.25) is 0 Å². The van der Waals surface area contributed by atoms with Gasteiger partial charge in [-0.15, -0.1) is 0 Å². The molecule has 3 aromatic carbocycles. The smallest absolute Gasteiger partial charge is 0.171 e. The molecule has 0 aliphatic carbocycles. The zero-order chi connectivity index (χ0) is 18.5. The van der Waals surface area contributed by atoms with Crippen molar-refractivity contribution in [3.05, 3.63) is 101 Å². The van der Waals surface area contributed by atoms with Crippen LogP contribution in [0.5, 0.6) is 0 Å². The lowest BCUT2D eigenvalue weighted by atomic mass is 9.95. The van der Waals surface area contributed by atoms with E-state index in [1.54, 1.807) is 0 Å². The molecule has 0 aliphatic heterocycles. The van der Waals surface area contributed by atoms with Gasteiger partial charge in [0.2, 0.25) is 0 Å². The molecule has 3 rings (SSSR count). The van der Waals surface area contributed by atoms with Crippen molar-refractivity contribution in [2.24, 2.45) is 0 Å². The first-order valence-corrected chi connectivity index (χ1v) is 9.20. The van der Waals surface area contributed by atoms with Crippen LogP contribution in [-0.4, -0.2) is 5.11 Å². The van der Waals surface area contributed by atoms with Gasteiger partial charge in [-0.2, -0.15) is 0 Å². The summed E-state index contributed by atoms with van der Waals surface area (Å²) in [6.45, 7) is 6.32. The Bertz CT molecular complexity index is 903. The third-order valence-electron chi connectivity index (χ3n) is 4.54. The Balaban J connectivity index is 1.86. The molecule has 0 aromatic heterocycles. The van der Waals surface area contributed by atoms with Gasteiger partial charge >= 0.3 is 0 Å². The predicted molar refractivity (Wildman–Crippen MR) is 115 cm³/mol. The quantitative estimate of drug-likeness (QED) is 0.585. The van der Waals surface area contributed by atoms with E-state index in [0.29, 0.717) is 5.11 Å². The maximum atomic E-state index is 5.63.